The molecule has 0 fully saturated rings. The van der Waals surface area contributed by atoms with Crippen LogP contribution in [0.4, 0.5) is 0 Å². The van der Waals surface area contributed by atoms with E-state index in [-0.39, 0.29) is 0 Å². The number of aryl methyl sites for hydroxylation is 13. The molecule has 0 atom stereocenters. The minimum atomic E-state index is -2.12. The smallest absolute Gasteiger partial charge is 0.201 e. The third kappa shape index (κ3) is 11.4. The van der Waals surface area contributed by atoms with E-state index in [1.165, 1.54) is 165 Å². The fourth-order valence-corrected chi connectivity index (χ4v) is 17.5. The van der Waals surface area contributed by atoms with Gasteiger partial charge in [0, 0.05) is 84.4 Å². The molecule has 0 unspecified atom stereocenters. The Kier molecular flexibility index (Phi) is 13.8. The molecule has 0 aliphatic heterocycles. The predicted octanol–water partition coefficient (Wildman–Crippen LogP) is 24.6. The van der Waals surface area contributed by atoms with E-state index >= 15 is 0 Å². The molecule has 107 heavy (non-hydrogen) atoms. The number of pyridine rings is 4. The minimum absolute atomic E-state index is 0.402. The van der Waals surface area contributed by atoms with Gasteiger partial charge in [0.15, 0.2) is 24.8 Å². The lowest BCUT2D eigenvalue weighted by molar-refractivity contribution is -0.660. The van der Waals surface area contributed by atoms with E-state index < -0.39 is 32.3 Å². The Hall–Kier alpha value is -11.7. The molecule has 4 aliphatic rings. The molecule has 0 amide bonds. The molecule has 12 aromatic carbocycles. The average molecular weight is 1400 g/mol. The molecule has 4 aliphatic carbocycles. The monoisotopic (exact) mass is 1400 g/mol. The highest BCUT2D eigenvalue weighted by Gasteiger charge is 2.33. The van der Waals surface area contributed by atoms with Crippen molar-refractivity contribution in [1.29, 1.82) is 0 Å². The Balaban J connectivity index is 0.000000113. The second kappa shape index (κ2) is 26.1. The first-order valence-electron chi connectivity index (χ1n) is 42.6. The summed E-state index contributed by atoms with van der Waals surface area (Å²) >= 11 is 0. The van der Waals surface area contributed by atoms with Crippen LogP contribution in [0, 0.1) is 74.4 Å². The zero-order valence-corrected chi connectivity index (χ0v) is 63.5. The normalized spacial score (nSPS) is 14.0. The molecule has 0 radical (unpaired) electrons. The van der Waals surface area contributed by atoms with E-state index in [9.17, 15) is 0 Å². The fraction of sp³-hybridized carbons (Fsp3) is 0.184. The molecule has 0 bridgehead atoms. The molecule has 0 N–H and O–H groups in total. The van der Waals surface area contributed by atoms with Crippen molar-refractivity contribution in [3.63, 3.8) is 0 Å². The average Bonchev–Trinajstić information content (AvgIpc) is 1.58. The van der Waals surface area contributed by atoms with Gasteiger partial charge >= 0.3 is 0 Å². The Morgan fingerprint density at radius 1 is 0.271 bits per heavy atom. The van der Waals surface area contributed by atoms with Crippen LogP contribution in [0.2, 0.25) is 0 Å². The molecule has 4 heterocycles. The van der Waals surface area contributed by atoms with E-state index in [1.54, 1.807) is 18.6 Å². The van der Waals surface area contributed by atoms with Crippen LogP contribution in [-0.4, -0.2) is 0 Å². The van der Waals surface area contributed by atoms with Crippen molar-refractivity contribution in [2.45, 2.75) is 96.2 Å². The maximum Gasteiger partial charge on any atom is 0.213 e. The van der Waals surface area contributed by atoms with E-state index in [4.69, 9.17) is 15.1 Å². The first-order chi connectivity index (χ1) is 55.9. The number of rotatable bonds is 5. The lowest BCUT2D eigenvalue weighted by atomic mass is 9.87. The first-order valence-corrected chi connectivity index (χ1v) is 37.1. The molecule has 4 nitrogen and oxygen atoms in total. The van der Waals surface area contributed by atoms with Crippen LogP contribution in [0.25, 0.3) is 177 Å². The number of benzene rings is 12. The van der Waals surface area contributed by atoms with Crippen LogP contribution >= 0.6 is 0 Å². The largest absolute Gasteiger partial charge is 0.213 e. The van der Waals surface area contributed by atoms with Crippen molar-refractivity contribution in [2.75, 3.05) is 0 Å². The van der Waals surface area contributed by atoms with Gasteiger partial charge in [0.05, 0.1) is 11.1 Å². The minimum Gasteiger partial charge on any atom is -0.201 e. The highest BCUT2D eigenvalue weighted by molar-refractivity contribution is 6.21. The number of hydrogen-bond donors (Lipinski definition) is 0. The van der Waals surface area contributed by atoms with Gasteiger partial charge < -0.3 is 0 Å². The summed E-state index contributed by atoms with van der Waals surface area (Å²) < 4.78 is 95.8. The molecule has 0 saturated heterocycles. The fourth-order valence-electron chi connectivity index (χ4n) is 17.5. The summed E-state index contributed by atoms with van der Waals surface area (Å²) in [6.07, 6.45) is 5.82. The zero-order chi connectivity index (χ0) is 83.6. The van der Waals surface area contributed by atoms with Gasteiger partial charge in [-0.05, 0) is 264 Å². The van der Waals surface area contributed by atoms with Gasteiger partial charge in [-0.1, -0.05) is 197 Å². The van der Waals surface area contributed by atoms with Gasteiger partial charge in [-0.2, -0.15) is 0 Å². The lowest BCUT2D eigenvalue weighted by Gasteiger charge is -2.18. The van der Waals surface area contributed by atoms with Crippen molar-refractivity contribution in [3.8, 4) is 134 Å². The second-order valence-electron chi connectivity index (χ2n) is 31.0. The first kappa shape index (κ1) is 56.6. The van der Waals surface area contributed by atoms with Crippen LogP contribution in [0.5, 0.6) is 0 Å². The SMILES string of the molecule is [2H]C([2H])([2H])c1c[n+](C)c(-c2c(C)ccc3c2-c2cccc4cccc-3c24)cc1C.[2H]C([2H])([2H])c1c[n+](C)c(-c2cc3c(cc2C)-c2cccc4cccc-3c24)cc1C.[2H]C([2H])([2H])c1c[n+](C)c(-c2ccc3c(c2C)-c2cccc4cccc-3c24)cc1C.[2H]C([2H])(c1cc[n+](C)c(-c2c(C)ccc3c2-c2cccc4cccc-3c24)c1)C(C)(C)C. The number of aromatic nitrogens is 4. The lowest BCUT2D eigenvalue weighted by Crippen LogP contribution is -2.31. The van der Waals surface area contributed by atoms with Crippen LogP contribution in [0.3, 0.4) is 0 Å². The zero-order valence-electron chi connectivity index (χ0n) is 74.5. The Bertz CT molecular complexity index is 6860. The van der Waals surface area contributed by atoms with E-state index in [0.29, 0.717) is 16.7 Å². The van der Waals surface area contributed by atoms with Crippen LogP contribution in [0.15, 0.2) is 249 Å². The van der Waals surface area contributed by atoms with Crippen molar-refractivity contribution >= 4 is 43.1 Å². The van der Waals surface area contributed by atoms with Gasteiger partial charge in [-0.25, -0.2) is 18.3 Å². The Morgan fingerprint density at radius 2 is 0.607 bits per heavy atom. The number of hydrogen-bond acceptors (Lipinski definition) is 0. The van der Waals surface area contributed by atoms with Crippen LogP contribution in [-0.2, 0) is 34.6 Å². The molecule has 522 valence electrons. The molecule has 16 aromatic rings. The Labute approximate surface area is 647 Å². The van der Waals surface area contributed by atoms with Gasteiger partial charge in [0.2, 0.25) is 22.8 Å². The molecule has 4 aromatic heterocycles. The summed E-state index contributed by atoms with van der Waals surface area (Å²) in [5, 5.41) is 10.3. The summed E-state index contributed by atoms with van der Waals surface area (Å²) in [6, 6.07) is 79.7. The predicted molar refractivity (Wildman–Crippen MR) is 450 cm³/mol. The topological polar surface area (TPSA) is 15.5 Å². The van der Waals surface area contributed by atoms with Crippen LogP contribution < -0.4 is 18.3 Å². The molecular weight excluding hydrogens is 1290 g/mol. The third-order valence-corrected chi connectivity index (χ3v) is 22.7. The van der Waals surface area contributed by atoms with Gasteiger partial charge in [-0.15, -0.1) is 0 Å². The van der Waals surface area contributed by atoms with E-state index in [0.717, 1.165) is 56.2 Å². The van der Waals surface area contributed by atoms with Gasteiger partial charge in [-0.3, -0.25) is 0 Å². The summed E-state index contributed by atoms with van der Waals surface area (Å²) in [5.41, 5.74) is 37.7. The van der Waals surface area contributed by atoms with Crippen molar-refractivity contribution in [1.82, 2.24) is 0 Å². The standard InChI is InChI=1S/C28H28N.3C25H22N/c1-18-12-13-22-21-10-6-8-20-9-7-11-23(26(20)21)27(22)25(18)24-16-19(14-15-29(24)5)17-28(2,3)4;1-15-12-24(26(4)14-17(15)3)21-13-23-20-10-6-8-18-7-5-9-19(25(18)20)22(23)11-16(21)2;1-15-13-23(26(4)14-16(15)2)19-11-12-21-20-9-5-7-18-8-6-10-22(25(18)20)24(21)17(19)3;1-15-11-12-20-19-9-5-7-18-8-6-10-21(24(18)19)25(20)23(15)22-13-16(2)17(3)14-26(22)4/h6-16H,17H2,1-5H3;3*5-14H,1-4H3/q4*+1/i17D2;3D3;2D3;3D3. The second-order valence-corrected chi connectivity index (χ2v) is 31.0. The Morgan fingerprint density at radius 3 is 1.04 bits per heavy atom. The number of nitrogens with zero attached hydrogens (tertiary/aromatic N) is 4. The van der Waals surface area contributed by atoms with Crippen molar-refractivity contribution in [2.24, 2.45) is 33.6 Å². The summed E-state index contributed by atoms with van der Waals surface area (Å²) in [7, 11) is 7.83. The maximum atomic E-state index is 8.81. The van der Waals surface area contributed by atoms with E-state index in [1.807, 2.05) is 114 Å². The number of fused-ring (bicyclic) bond motifs is 12. The molecular formula is C103H94N4+4. The highest BCUT2D eigenvalue weighted by atomic mass is 14.9. The van der Waals surface area contributed by atoms with Crippen LogP contribution in [0.1, 0.15) is 97.0 Å². The molecule has 20 rings (SSSR count). The third-order valence-electron chi connectivity index (χ3n) is 22.7. The van der Waals surface area contributed by atoms with Gasteiger partial charge in [0.25, 0.3) is 0 Å². The summed E-state index contributed by atoms with van der Waals surface area (Å²) in [5.74, 6) is 0. The van der Waals surface area contributed by atoms with Crippen molar-refractivity contribution in [3.05, 3.63) is 310 Å². The summed E-state index contributed by atoms with van der Waals surface area (Å²) in [6.45, 7) is 13.8. The molecule has 4 heteroatoms. The molecule has 0 saturated carbocycles. The van der Waals surface area contributed by atoms with E-state index in [2.05, 4.69) is 232 Å². The quantitative estimate of drug-likeness (QED) is 0.153. The van der Waals surface area contributed by atoms with Gasteiger partial charge in [0.1, 0.15) is 28.2 Å². The highest BCUT2D eigenvalue weighted by Crippen LogP contribution is 2.55. The molecule has 0 spiro atoms. The van der Waals surface area contributed by atoms with Crippen molar-refractivity contribution < 1.29 is 33.3 Å². The summed E-state index contributed by atoms with van der Waals surface area (Å²) in [4.78, 5) is 0. The maximum absolute atomic E-state index is 8.81.